The molecule has 0 saturated carbocycles. The molecule has 2 fully saturated rings. The van der Waals surface area contributed by atoms with Gasteiger partial charge in [0.1, 0.15) is 11.9 Å². The highest BCUT2D eigenvalue weighted by Crippen LogP contribution is 2.25. The number of anilines is 1. The van der Waals surface area contributed by atoms with E-state index in [1.807, 2.05) is 0 Å². The monoisotopic (exact) mass is 419 g/mol. The fraction of sp³-hybridized carbons (Fsp3) is 0.524. The first-order chi connectivity index (χ1) is 14.3. The number of methoxy groups -OCH3 is 1. The zero-order chi connectivity index (χ0) is 21.8. The van der Waals surface area contributed by atoms with Crippen LogP contribution in [0.2, 0.25) is 0 Å². The average molecular weight is 419 g/mol. The number of hydrogen-bond donors (Lipinski definition) is 1. The van der Waals surface area contributed by atoms with E-state index in [2.05, 4.69) is 5.32 Å². The molecule has 0 radical (unpaired) electrons. The number of rotatable bonds is 5. The van der Waals surface area contributed by atoms with Gasteiger partial charge in [0.05, 0.1) is 18.9 Å². The highest BCUT2D eigenvalue weighted by molar-refractivity contribution is 6.01. The predicted molar refractivity (Wildman–Crippen MR) is 106 cm³/mol. The van der Waals surface area contributed by atoms with Crippen molar-refractivity contribution in [3.8, 4) is 0 Å². The first-order valence-electron chi connectivity index (χ1n) is 10.0. The quantitative estimate of drug-likeness (QED) is 0.721. The highest BCUT2D eigenvalue weighted by Gasteiger charge is 2.37. The second-order valence-electron chi connectivity index (χ2n) is 7.73. The third-order valence-corrected chi connectivity index (χ3v) is 5.70. The third-order valence-electron chi connectivity index (χ3n) is 5.70. The molecule has 1 aromatic carbocycles. The van der Waals surface area contributed by atoms with E-state index in [1.165, 1.54) is 36.3 Å². The summed E-state index contributed by atoms with van der Waals surface area (Å²) in [5.74, 6) is -2.24. The summed E-state index contributed by atoms with van der Waals surface area (Å²) < 4.78 is 17.8. The lowest BCUT2D eigenvalue weighted by Crippen LogP contribution is -2.51. The Labute approximate surface area is 174 Å². The summed E-state index contributed by atoms with van der Waals surface area (Å²) in [4.78, 5) is 52.3. The summed E-state index contributed by atoms with van der Waals surface area (Å²) in [6.07, 6.45) is 1.10. The van der Waals surface area contributed by atoms with E-state index in [1.54, 1.807) is 11.8 Å². The Morgan fingerprint density at radius 3 is 2.37 bits per heavy atom. The number of piperidine rings is 1. The molecule has 2 saturated heterocycles. The van der Waals surface area contributed by atoms with Crippen LogP contribution in [0.1, 0.15) is 26.2 Å². The van der Waals surface area contributed by atoms with Crippen LogP contribution in [0.5, 0.6) is 0 Å². The number of carbonyl (C=O) groups is 4. The maximum atomic E-state index is 13.1. The maximum absolute atomic E-state index is 13.1. The number of ether oxygens (including phenoxy) is 1. The van der Waals surface area contributed by atoms with Crippen LogP contribution in [0.25, 0.3) is 0 Å². The number of nitrogens with one attached hydrogen (secondary N) is 1. The van der Waals surface area contributed by atoms with Crippen molar-refractivity contribution in [2.24, 2.45) is 11.8 Å². The van der Waals surface area contributed by atoms with E-state index in [4.69, 9.17) is 4.74 Å². The van der Waals surface area contributed by atoms with Crippen LogP contribution in [-0.2, 0) is 23.9 Å². The third kappa shape index (κ3) is 4.77. The Balaban J connectivity index is 1.52. The van der Waals surface area contributed by atoms with Crippen molar-refractivity contribution < 1.29 is 28.3 Å². The second-order valence-corrected chi connectivity index (χ2v) is 7.73. The first-order valence-corrected chi connectivity index (χ1v) is 10.0. The Kier molecular flexibility index (Phi) is 6.69. The van der Waals surface area contributed by atoms with Gasteiger partial charge in [-0.3, -0.25) is 19.2 Å². The molecule has 0 bridgehead atoms. The fourth-order valence-corrected chi connectivity index (χ4v) is 3.92. The summed E-state index contributed by atoms with van der Waals surface area (Å²) >= 11 is 0. The van der Waals surface area contributed by atoms with Crippen LogP contribution in [0.15, 0.2) is 24.3 Å². The van der Waals surface area contributed by atoms with Gasteiger partial charge in [-0.2, -0.15) is 0 Å². The SMILES string of the molecule is COC(=O)C1CCN(C(=O)[C@H](C)NC(=O)[C@@H]2CC(=O)N(c3ccc(F)cc3)C2)CC1. The van der Waals surface area contributed by atoms with Gasteiger partial charge in [-0.25, -0.2) is 4.39 Å². The minimum absolute atomic E-state index is 0.0364. The van der Waals surface area contributed by atoms with E-state index >= 15 is 0 Å². The van der Waals surface area contributed by atoms with E-state index in [0.29, 0.717) is 31.6 Å². The van der Waals surface area contributed by atoms with Crippen LogP contribution < -0.4 is 10.2 Å². The van der Waals surface area contributed by atoms with Gasteiger partial charge in [0.2, 0.25) is 17.7 Å². The van der Waals surface area contributed by atoms with Gasteiger partial charge < -0.3 is 19.9 Å². The lowest BCUT2D eigenvalue weighted by atomic mass is 9.96. The molecule has 9 heteroatoms. The summed E-state index contributed by atoms with van der Waals surface area (Å²) in [5, 5.41) is 2.71. The largest absolute Gasteiger partial charge is 0.469 e. The molecule has 162 valence electrons. The lowest BCUT2D eigenvalue weighted by molar-refractivity contribution is -0.149. The zero-order valence-corrected chi connectivity index (χ0v) is 17.1. The molecule has 8 nitrogen and oxygen atoms in total. The highest BCUT2D eigenvalue weighted by atomic mass is 19.1. The minimum Gasteiger partial charge on any atom is -0.469 e. The normalized spacial score (nSPS) is 20.8. The molecule has 30 heavy (non-hydrogen) atoms. The molecule has 3 amide bonds. The zero-order valence-electron chi connectivity index (χ0n) is 17.1. The van der Waals surface area contributed by atoms with E-state index in [9.17, 15) is 23.6 Å². The molecule has 2 aliphatic rings. The standard InChI is InChI=1S/C21H26FN3O5/c1-13(20(28)24-9-7-14(8-10-24)21(29)30-2)23-19(27)15-11-18(26)25(12-15)17-5-3-16(22)4-6-17/h3-6,13-15H,7-12H2,1-2H3,(H,23,27)/t13-,15+/m0/s1. The van der Waals surface area contributed by atoms with Gasteiger partial charge in [0.15, 0.2) is 0 Å². The van der Waals surface area contributed by atoms with Gasteiger partial charge in [0, 0.05) is 31.7 Å². The molecule has 1 aromatic rings. The Morgan fingerprint density at radius 2 is 1.77 bits per heavy atom. The summed E-state index contributed by atoms with van der Waals surface area (Å²) in [5.41, 5.74) is 0.536. The van der Waals surface area contributed by atoms with Crippen molar-refractivity contribution >= 4 is 29.4 Å². The van der Waals surface area contributed by atoms with Crippen LogP contribution >= 0.6 is 0 Å². The first kappa shape index (κ1) is 21.7. The number of amides is 3. The van der Waals surface area contributed by atoms with Crippen molar-refractivity contribution in [2.45, 2.75) is 32.2 Å². The smallest absolute Gasteiger partial charge is 0.308 e. The van der Waals surface area contributed by atoms with Crippen LogP contribution in [0, 0.1) is 17.7 Å². The fourth-order valence-electron chi connectivity index (χ4n) is 3.92. The van der Waals surface area contributed by atoms with E-state index in [-0.39, 0.29) is 42.6 Å². The van der Waals surface area contributed by atoms with Gasteiger partial charge in [-0.15, -0.1) is 0 Å². The molecule has 2 heterocycles. The second kappa shape index (κ2) is 9.23. The van der Waals surface area contributed by atoms with Crippen molar-refractivity contribution in [1.82, 2.24) is 10.2 Å². The van der Waals surface area contributed by atoms with Crippen molar-refractivity contribution in [2.75, 3.05) is 31.6 Å². The Bertz CT molecular complexity index is 820. The number of carbonyl (C=O) groups excluding carboxylic acids is 4. The van der Waals surface area contributed by atoms with Crippen LogP contribution in [-0.4, -0.2) is 61.4 Å². The molecule has 0 aliphatic carbocycles. The molecule has 0 unspecified atom stereocenters. The van der Waals surface area contributed by atoms with Crippen LogP contribution in [0.4, 0.5) is 10.1 Å². The van der Waals surface area contributed by atoms with Crippen LogP contribution in [0.3, 0.4) is 0 Å². The number of nitrogens with zero attached hydrogens (tertiary/aromatic N) is 2. The molecule has 2 aliphatic heterocycles. The maximum Gasteiger partial charge on any atom is 0.308 e. The number of halogens is 1. The molecule has 3 rings (SSSR count). The molecular formula is C21H26FN3O5. The molecule has 0 aromatic heterocycles. The number of esters is 1. The van der Waals surface area contributed by atoms with Crippen molar-refractivity contribution in [1.29, 1.82) is 0 Å². The summed E-state index contributed by atoms with van der Waals surface area (Å²) in [7, 11) is 1.35. The number of hydrogen-bond acceptors (Lipinski definition) is 5. The lowest BCUT2D eigenvalue weighted by Gasteiger charge is -2.32. The molecule has 1 N–H and O–H groups in total. The van der Waals surface area contributed by atoms with Crippen molar-refractivity contribution in [3.63, 3.8) is 0 Å². The van der Waals surface area contributed by atoms with Gasteiger partial charge in [-0.1, -0.05) is 0 Å². The summed E-state index contributed by atoms with van der Waals surface area (Å²) in [6.45, 7) is 2.65. The Hall–Kier alpha value is -2.97. The van der Waals surface area contributed by atoms with E-state index in [0.717, 1.165) is 0 Å². The summed E-state index contributed by atoms with van der Waals surface area (Å²) in [6, 6.07) is 4.79. The van der Waals surface area contributed by atoms with Gasteiger partial charge in [0.25, 0.3) is 0 Å². The van der Waals surface area contributed by atoms with Gasteiger partial charge in [-0.05, 0) is 44.0 Å². The molecule has 0 spiro atoms. The Morgan fingerprint density at radius 1 is 1.13 bits per heavy atom. The average Bonchev–Trinajstić information content (AvgIpc) is 3.15. The topological polar surface area (TPSA) is 96.0 Å². The molecule has 2 atom stereocenters. The predicted octanol–water partition coefficient (Wildman–Crippen LogP) is 1.09. The van der Waals surface area contributed by atoms with Gasteiger partial charge >= 0.3 is 5.97 Å². The minimum atomic E-state index is -0.734. The van der Waals surface area contributed by atoms with E-state index < -0.39 is 17.8 Å². The number of benzene rings is 1. The number of likely N-dealkylation sites (tertiary alicyclic amines) is 1. The van der Waals surface area contributed by atoms with Crippen molar-refractivity contribution in [3.05, 3.63) is 30.1 Å². The molecular weight excluding hydrogens is 393 g/mol.